The molecule has 0 aliphatic carbocycles. The van der Waals surface area contributed by atoms with Gasteiger partial charge in [0.2, 0.25) is 0 Å². The van der Waals surface area contributed by atoms with Crippen molar-refractivity contribution in [1.29, 1.82) is 0 Å². The minimum Gasteiger partial charge on any atom is -0.294 e. The first kappa shape index (κ1) is 11.4. The van der Waals surface area contributed by atoms with Crippen molar-refractivity contribution in [3.63, 3.8) is 0 Å². The molecule has 0 bridgehead atoms. The lowest BCUT2D eigenvalue weighted by Crippen LogP contribution is -1.95. The van der Waals surface area contributed by atoms with Gasteiger partial charge < -0.3 is 0 Å². The van der Waals surface area contributed by atoms with Crippen LogP contribution in [0.3, 0.4) is 0 Å². The standard InChI is InChI=1S/C13H11ClOS/c1-2-12(15)9-4-3-5-10(8-9)13-11(14)6-7-16-13/h3-8H,2H2,1H3. The second-order valence-electron chi connectivity index (χ2n) is 3.46. The van der Waals surface area contributed by atoms with E-state index < -0.39 is 0 Å². The van der Waals surface area contributed by atoms with Gasteiger partial charge in [0.1, 0.15) is 0 Å². The smallest absolute Gasteiger partial charge is 0.162 e. The van der Waals surface area contributed by atoms with Crippen molar-refractivity contribution in [2.45, 2.75) is 13.3 Å². The van der Waals surface area contributed by atoms with E-state index in [1.165, 1.54) is 0 Å². The van der Waals surface area contributed by atoms with Crippen LogP contribution in [-0.2, 0) is 0 Å². The zero-order chi connectivity index (χ0) is 11.5. The van der Waals surface area contributed by atoms with Crippen LogP contribution in [0.4, 0.5) is 0 Å². The molecule has 0 N–H and O–H groups in total. The van der Waals surface area contributed by atoms with Crippen LogP contribution in [0.1, 0.15) is 23.7 Å². The molecule has 0 amide bonds. The lowest BCUT2D eigenvalue weighted by atomic mass is 10.1. The lowest BCUT2D eigenvalue weighted by Gasteiger charge is -2.02. The van der Waals surface area contributed by atoms with Gasteiger partial charge >= 0.3 is 0 Å². The monoisotopic (exact) mass is 250 g/mol. The van der Waals surface area contributed by atoms with Gasteiger partial charge in [-0.3, -0.25) is 4.79 Å². The number of rotatable bonds is 3. The Bertz CT molecular complexity index is 516. The third-order valence-electron chi connectivity index (χ3n) is 2.39. The summed E-state index contributed by atoms with van der Waals surface area (Å²) in [4.78, 5) is 12.6. The number of ketones is 1. The average molecular weight is 251 g/mol. The summed E-state index contributed by atoms with van der Waals surface area (Å²) in [7, 11) is 0. The van der Waals surface area contributed by atoms with Crippen LogP contribution in [0.25, 0.3) is 10.4 Å². The Morgan fingerprint density at radius 3 is 2.81 bits per heavy atom. The molecule has 0 fully saturated rings. The number of benzene rings is 1. The topological polar surface area (TPSA) is 17.1 Å². The van der Waals surface area contributed by atoms with Crippen LogP contribution in [-0.4, -0.2) is 5.78 Å². The second kappa shape index (κ2) is 4.81. The molecule has 0 aliphatic rings. The Morgan fingerprint density at radius 2 is 2.19 bits per heavy atom. The highest BCUT2D eigenvalue weighted by molar-refractivity contribution is 7.14. The molecule has 2 rings (SSSR count). The Labute approximate surface area is 104 Å². The third-order valence-corrected chi connectivity index (χ3v) is 3.78. The number of halogens is 1. The number of hydrogen-bond donors (Lipinski definition) is 0. The summed E-state index contributed by atoms with van der Waals surface area (Å²) in [5, 5.41) is 2.69. The van der Waals surface area contributed by atoms with Crippen molar-refractivity contribution in [2.75, 3.05) is 0 Å². The third kappa shape index (κ3) is 2.18. The quantitative estimate of drug-likeness (QED) is 0.724. The van der Waals surface area contributed by atoms with Crippen molar-refractivity contribution in [1.82, 2.24) is 0 Å². The Morgan fingerprint density at radius 1 is 1.38 bits per heavy atom. The maximum atomic E-state index is 11.6. The van der Waals surface area contributed by atoms with Gasteiger partial charge in [0.15, 0.2) is 5.78 Å². The maximum absolute atomic E-state index is 11.6. The number of carbonyl (C=O) groups is 1. The highest BCUT2D eigenvalue weighted by atomic mass is 35.5. The van der Waals surface area contributed by atoms with Crippen molar-refractivity contribution >= 4 is 28.7 Å². The van der Waals surface area contributed by atoms with Crippen molar-refractivity contribution in [3.8, 4) is 10.4 Å². The molecule has 0 unspecified atom stereocenters. The average Bonchev–Trinajstić information content (AvgIpc) is 2.74. The van der Waals surface area contributed by atoms with E-state index in [0.717, 1.165) is 21.0 Å². The zero-order valence-electron chi connectivity index (χ0n) is 8.87. The summed E-state index contributed by atoms with van der Waals surface area (Å²) in [5.41, 5.74) is 1.77. The molecule has 0 spiro atoms. The molecule has 1 aromatic heterocycles. The molecule has 3 heteroatoms. The number of thiophene rings is 1. The molecule has 1 heterocycles. The predicted octanol–water partition coefficient (Wildman–Crippen LogP) is 4.66. The largest absolute Gasteiger partial charge is 0.294 e. The molecule has 0 saturated carbocycles. The normalized spacial score (nSPS) is 10.4. The molecule has 1 aromatic carbocycles. The van der Waals surface area contributed by atoms with Crippen molar-refractivity contribution in [3.05, 3.63) is 46.3 Å². The van der Waals surface area contributed by atoms with Crippen LogP contribution < -0.4 is 0 Å². The van der Waals surface area contributed by atoms with Crippen molar-refractivity contribution in [2.24, 2.45) is 0 Å². The molecule has 82 valence electrons. The summed E-state index contributed by atoms with van der Waals surface area (Å²) in [6.45, 7) is 1.87. The van der Waals surface area contributed by atoms with Gasteiger partial charge in [-0.05, 0) is 23.1 Å². The molecule has 0 radical (unpaired) electrons. The molecule has 2 aromatic rings. The van der Waals surface area contributed by atoms with E-state index in [4.69, 9.17) is 11.6 Å². The fraction of sp³-hybridized carbons (Fsp3) is 0.154. The highest BCUT2D eigenvalue weighted by Gasteiger charge is 2.08. The Balaban J connectivity index is 2.44. The van der Waals surface area contributed by atoms with Crippen LogP contribution in [0.5, 0.6) is 0 Å². The number of hydrogen-bond acceptors (Lipinski definition) is 2. The van der Waals surface area contributed by atoms with E-state index in [9.17, 15) is 4.79 Å². The molecule has 16 heavy (non-hydrogen) atoms. The number of Topliss-reactive ketones (excluding diaryl/α,β-unsaturated/α-hetero) is 1. The van der Waals surface area contributed by atoms with Crippen molar-refractivity contribution < 1.29 is 4.79 Å². The van der Waals surface area contributed by atoms with Gasteiger partial charge in [-0.15, -0.1) is 11.3 Å². The highest BCUT2D eigenvalue weighted by Crippen LogP contribution is 2.33. The van der Waals surface area contributed by atoms with Crippen LogP contribution >= 0.6 is 22.9 Å². The van der Waals surface area contributed by atoms with E-state index in [-0.39, 0.29) is 5.78 Å². The molecule has 0 atom stereocenters. The summed E-state index contributed by atoms with van der Waals surface area (Å²) in [6.07, 6.45) is 0.529. The fourth-order valence-corrected chi connectivity index (χ4v) is 2.70. The second-order valence-corrected chi connectivity index (χ2v) is 4.78. The summed E-state index contributed by atoms with van der Waals surface area (Å²) in [6, 6.07) is 9.49. The van der Waals surface area contributed by atoms with Gasteiger partial charge in [-0.1, -0.05) is 36.7 Å². The molecule has 0 saturated heterocycles. The first-order valence-corrected chi connectivity index (χ1v) is 6.34. The van der Waals surface area contributed by atoms with E-state index >= 15 is 0 Å². The van der Waals surface area contributed by atoms with E-state index in [1.54, 1.807) is 11.3 Å². The minimum atomic E-state index is 0.162. The SMILES string of the molecule is CCC(=O)c1cccc(-c2sccc2Cl)c1. The van der Waals surface area contributed by atoms with Gasteiger partial charge in [-0.25, -0.2) is 0 Å². The Hall–Kier alpha value is -1.12. The zero-order valence-corrected chi connectivity index (χ0v) is 10.4. The first-order valence-electron chi connectivity index (χ1n) is 5.09. The van der Waals surface area contributed by atoms with Gasteiger partial charge in [0.05, 0.1) is 9.90 Å². The van der Waals surface area contributed by atoms with Gasteiger partial charge in [0.25, 0.3) is 0 Å². The lowest BCUT2D eigenvalue weighted by molar-refractivity contribution is 0.0988. The molecular weight excluding hydrogens is 240 g/mol. The maximum Gasteiger partial charge on any atom is 0.162 e. The number of carbonyl (C=O) groups excluding carboxylic acids is 1. The van der Waals surface area contributed by atoms with Crippen LogP contribution in [0, 0.1) is 0 Å². The molecule has 1 nitrogen and oxygen atoms in total. The molecule has 0 aliphatic heterocycles. The van der Waals surface area contributed by atoms with E-state index in [2.05, 4.69) is 0 Å². The Kier molecular flexibility index (Phi) is 3.42. The predicted molar refractivity (Wildman–Crippen MR) is 69.4 cm³/mol. The van der Waals surface area contributed by atoms with Crippen LogP contribution in [0.2, 0.25) is 5.02 Å². The summed E-state index contributed by atoms with van der Waals surface area (Å²) >= 11 is 7.65. The van der Waals surface area contributed by atoms with E-state index in [0.29, 0.717) is 6.42 Å². The first-order chi connectivity index (χ1) is 7.72. The molecular formula is C13H11ClOS. The van der Waals surface area contributed by atoms with E-state index in [1.807, 2.05) is 42.6 Å². The fourth-order valence-electron chi connectivity index (χ4n) is 1.54. The summed E-state index contributed by atoms with van der Waals surface area (Å²) < 4.78 is 0. The van der Waals surface area contributed by atoms with Gasteiger partial charge in [-0.2, -0.15) is 0 Å². The summed E-state index contributed by atoms with van der Waals surface area (Å²) in [5.74, 6) is 0.162. The van der Waals surface area contributed by atoms with Crippen LogP contribution in [0.15, 0.2) is 35.7 Å². The van der Waals surface area contributed by atoms with Gasteiger partial charge in [0, 0.05) is 12.0 Å². The minimum absolute atomic E-state index is 0.162.